The molecule has 0 amide bonds. The van der Waals surface area contributed by atoms with Crippen LogP contribution in [0.4, 0.5) is 5.95 Å². The minimum atomic E-state index is 0.326. The van der Waals surface area contributed by atoms with Crippen LogP contribution in [0.1, 0.15) is 6.92 Å². The summed E-state index contributed by atoms with van der Waals surface area (Å²) in [6, 6.07) is 1.70. The summed E-state index contributed by atoms with van der Waals surface area (Å²) in [6.07, 6.45) is 3.16. The van der Waals surface area contributed by atoms with E-state index in [1.54, 1.807) is 25.4 Å². The number of aliphatic imine (C=N–C) groups is 1. The monoisotopic (exact) mass is 152 g/mol. The van der Waals surface area contributed by atoms with Crippen molar-refractivity contribution in [3.05, 3.63) is 18.5 Å². The quantitative estimate of drug-likeness (QED) is 0.349. The van der Waals surface area contributed by atoms with Crippen LogP contribution in [-0.4, -0.2) is 21.0 Å². The maximum atomic E-state index is 8.36. The highest BCUT2D eigenvalue weighted by molar-refractivity contribution is 5.80. The van der Waals surface area contributed by atoms with E-state index in [9.17, 15) is 0 Å². The van der Waals surface area contributed by atoms with Gasteiger partial charge in [-0.2, -0.15) is 4.99 Å². The van der Waals surface area contributed by atoms with Crippen molar-refractivity contribution in [1.29, 1.82) is 0 Å². The molecule has 58 valence electrons. The van der Waals surface area contributed by atoms with Gasteiger partial charge in [-0.1, -0.05) is 0 Å². The highest BCUT2D eigenvalue weighted by atomic mass is 16.5. The van der Waals surface area contributed by atoms with Gasteiger partial charge in [0.15, 0.2) is 0 Å². The fourth-order valence-corrected chi connectivity index (χ4v) is 0.524. The number of hydrogen-bond donors (Lipinski definition) is 2. The third kappa shape index (κ3) is 2.30. The van der Waals surface area contributed by atoms with Gasteiger partial charge in [-0.05, 0) is 13.0 Å². The van der Waals surface area contributed by atoms with Crippen molar-refractivity contribution < 1.29 is 5.21 Å². The predicted octanol–water partition coefficient (Wildman–Crippen LogP) is 0.505. The third-order valence-corrected chi connectivity index (χ3v) is 0.982. The molecule has 2 N–H and O–H groups in total. The number of rotatable bonds is 1. The van der Waals surface area contributed by atoms with Crippen LogP contribution in [0.3, 0.4) is 0 Å². The predicted molar refractivity (Wildman–Crippen MR) is 39.7 cm³/mol. The topological polar surface area (TPSA) is 70.4 Å². The molecule has 0 aliphatic carbocycles. The van der Waals surface area contributed by atoms with Crippen LogP contribution in [0, 0.1) is 0 Å². The minimum Gasteiger partial charge on any atom is -0.290 e. The number of nitrogens with zero attached hydrogens (tertiary/aromatic N) is 3. The normalized spacial score (nSPS) is 11.3. The van der Waals surface area contributed by atoms with Gasteiger partial charge in [-0.25, -0.2) is 9.97 Å². The summed E-state index contributed by atoms with van der Waals surface area (Å²) >= 11 is 0. The van der Waals surface area contributed by atoms with Gasteiger partial charge in [0.25, 0.3) is 5.95 Å². The second-order valence-corrected chi connectivity index (χ2v) is 1.86. The van der Waals surface area contributed by atoms with Crippen molar-refractivity contribution >= 4 is 11.8 Å². The van der Waals surface area contributed by atoms with Gasteiger partial charge in [0.05, 0.1) is 0 Å². The van der Waals surface area contributed by atoms with Crippen molar-refractivity contribution in [2.75, 3.05) is 0 Å². The number of hydrogen-bond acceptors (Lipinski definition) is 4. The SMILES string of the molecule is C/C(=N\c1ncccn1)NO. The van der Waals surface area contributed by atoms with E-state index in [2.05, 4.69) is 15.0 Å². The van der Waals surface area contributed by atoms with Crippen LogP contribution in [0.15, 0.2) is 23.5 Å². The van der Waals surface area contributed by atoms with Crippen molar-refractivity contribution in [2.45, 2.75) is 6.92 Å². The zero-order valence-electron chi connectivity index (χ0n) is 6.02. The minimum absolute atomic E-state index is 0.326. The summed E-state index contributed by atoms with van der Waals surface area (Å²) in [5, 5.41) is 8.36. The molecule has 0 atom stereocenters. The van der Waals surface area contributed by atoms with Gasteiger partial charge < -0.3 is 0 Å². The molecule has 0 saturated heterocycles. The number of amidine groups is 1. The first-order valence-corrected chi connectivity index (χ1v) is 3.05. The highest BCUT2D eigenvalue weighted by Crippen LogP contribution is 1.98. The lowest BCUT2D eigenvalue weighted by molar-refractivity contribution is 0.234. The van der Waals surface area contributed by atoms with Crippen molar-refractivity contribution in [3.8, 4) is 0 Å². The fraction of sp³-hybridized carbons (Fsp3) is 0.167. The van der Waals surface area contributed by atoms with Crippen LogP contribution < -0.4 is 5.48 Å². The molecule has 0 bridgehead atoms. The summed E-state index contributed by atoms with van der Waals surface area (Å²) in [6.45, 7) is 1.61. The molecule has 0 aliphatic heterocycles. The average Bonchev–Trinajstić information content (AvgIpc) is 2.06. The Bertz CT molecular complexity index is 246. The third-order valence-electron chi connectivity index (χ3n) is 0.982. The fourth-order valence-electron chi connectivity index (χ4n) is 0.524. The molecule has 5 heteroatoms. The Balaban J connectivity index is 2.79. The first-order valence-electron chi connectivity index (χ1n) is 3.05. The maximum absolute atomic E-state index is 8.36. The van der Waals surface area contributed by atoms with E-state index in [1.807, 2.05) is 5.48 Å². The molecule has 0 unspecified atom stereocenters. The van der Waals surface area contributed by atoms with Crippen LogP contribution >= 0.6 is 0 Å². The summed E-state index contributed by atoms with van der Waals surface area (Å²) in [5.74, 6) is 0.683. The lowest BCUT2D eigenvalue weighted by atomic mass is 10.6. The molecule has 1 rings (SSSR count). The van der Waals surface area contributed by atoms with Gasteiger partial charge in [0.2, 0.25) is 0 Å². The maximum Gasteiger partial charge on any atom is 0.250 e. The largest absolute Gasteiger partial charge is 0.290 e. The zero-order chi connectivity index (χ0) is 8.10. The van der Waals surface area contributed by atoms with Gasteiger partial charge in [-0.15, -0.1) is 0 Å². The number of nitrogens with one attached hydrogen (secondary N) is 1. The summed E-state index contributed by atoms with van der Waals surface area (Å²) in [4.78, 5) is 11.4. The lowest BCUT2D eigenvalue weighted by Gasteiger charge is -1.94. The summed E-state index contributed by atoms with van der Waals surface area (Å²) in [5.41, 5.74) is 1.88. The Hall–Kier alpha value is -1.49. The van der Waals surface area contributed by atoms with E-state index in [0.717, 1.165) is 0 Å². The molecule has 11 heavy (non-hydrogen) atoms. The van der Waals surface area contributed by atoms with E-state index in [4.69, 9.17) is 5.21 Å². The van der Waals surface area contributed by atoms with E-state index in [1.165, 1.54) is 0 Å². The van der Waals surface area contributed by atoms with Crippen molar-refractivity contribution in [2.24, 2.45) is 4.99 Å². The Labute approximate surface area is 63.8 Å². The molecule has 0 aromatic carbocycles. The second-order valence-electron chi connectivity index (χ2n) is 1.86. The van der Waals surface area contributed by atoms with Gasteiger partial charge in [0, 0.05) is 12.4 Å². The Kier molecular flexibility index (Phi) is 2.51. The second kappa shape index (κ2) is 3.62. The summed E-state index contributed by atoms with van der Waals surface area (Å²) < 4.78 is 0. The summed E-state index contributed by atoms with van der Waals surface area (Å²) in [7, 11) is 0. The molecule has 1 aromatic heterocycles. The van der Waals surface area contributed by atoms with E-state index >= 15 is 0 Å². The first-order chi connectivity index (χ1) is 5.33. The molecule has 1 aromatic rings. The molecule has 0 fully saturated rings. The molecule has 5 nitrogen and oxygen atoms in total. The van der Waals surface area contributed by atoms with Gasteiger partial charge in [0.1, 0.15) is 5.84 Å². The highest BCUT2D eigenvalue weighted by Gasteiger charge is 1.89. The van der Waals surface area contributed by atoms with Crippen LogP contribution in [-0.2, 0) is 0 Å². The van der Waals surface area contributed by atoms with E-state index in [0.29, 0.717) is 11.8 Å². The molecule has 0 aliphatic rings. The molecular weight excluding hydrogens is 144 g/mol. The lowest BCUT2D eigenvalue weighted by Crippen LogP contribution is -2.14. The molecular formula is C6H8N4O. The van der Waals surface area contributed by atoms with Crippen LogP contribution in [0.2, 0.25) is 0 Å². The Morgan fingerprint density at radius 2 is 2.18 bits per heavy atom. The van der Waals surface area contributed by atoms with Crippen molar-refractivity contribution in [1.82, 2.24) is 15.4 Å². The van der Waals surface area contributed by atoms with Gasteiger partial charge >= 0.3 is 0 Å². The smallest absolute Gasteiger partial charge is 0.250 e. The van der Waals surface area contributed by atoms with Crippen LogP contribution in [0.5, 0.6) is 0 Å². The van der Waals surface area contributed by atoms with Gasteiger partial charge in [-0.3, -0.25) is 10.7 Å². The number of aromatic nitrogens is 2. The average molecular weight is 152 g/mol. The number of hydroxylamine groups is 1. The molecule has 1 heterocycles. The van der Waals surface area contributed by atoms with Crippen LogP contribution in [0.25, 0.3) is 0 Å². The Morgan fingerprint density at radius 1 is 1.55 bits per heavy atom. The standard InChI is InChI=1S/C6H8N4O/c1-5(10-11)9-6-7-3-2-4-8-6/h2-4,11H,1H3,(H,7,8,9,10). The molecule has 0 spiro atoms. The molecule has 0 saturated carbocycles. The zero-order valence-corrected chi connectivity index (χ0v) is 6.02. The Morgan fingerprint density at radius 3 is 2.73 bits per heavy atom. The van der Waals surface area contributed by atoms with E-state index < -0.39 is 0 Å². The molecule has 0 radical (unpaired) electrons. The first kappa shape index (κ1) is 7.62. The van der Waals surface area contributed by atoms with E-state index in [-0.39, 0.29) is 0 Å². The van der Waals surface area contributed by atoms with Crippen molar-refractivity contribution in [3.63, 3.8) is 0 Å².